The highest BCUT2D eigenvalue weighted by Crippen LogP contribution is 2.39. The van der Waals surface area contributed by atoms with E-state index < -0.39 is 0 Å². The van der Waals surface area contributed by atoms with E-state index in [0.29, 0.717) is 18.0 Å². The minimum Gasteiger partial charge on any atom is -0.462 e. The number of piperidine rings is 1. The largest absolute Gasteiger partial charge is 0.462 e. The molecule has 136 valence electrons. The maximum Gasteiger partial charge on any atom is 0.313 e. The van der Waals surface area contributed by atoms with Gasteiger partial charge in [0.1, 0.15) is 6.10 Å². The molecule has 1 saturated carbocycles. The van der Waals surface area contributed by atoms with Crippen LogP contribution in [0.5, 0.6) is 0 Å². The number of carbonyl (C=O) groups excluding carboxylic acids is 1. The van der Waals surface area contributed by atoms with Gasteiger partial charge in [-0.3, -0.25) is 4.79 Å². The molecule has 25 heavy (non-hydrogen) atoms. The molecule has 0 amide bonds. The molecule has 0 N–H and O–H groups in total. The van der Waals surface area contributed by atoms with E-state index in [1.165, 1.54) is 32.1 Å². The quantitative estimate of drug-likeness (QED) is 0.754. The molecule has 1 aromatic rings. The summed E-state index contributed by atoms with van der Waals surface area (Å²) in [4.78, 5) is 15.7. The molecule has 0 radical (unpaired) electrons. The smallest absolute Gasteiger partial charge is 0.313 e. The highest BCUT2D eigenvalue weighted by atomic mass is 16.5. The summed E-state index contributed by atoms with van der Waals surface area (Å²) in [6, 6.07) is 11.6. The van der Waals surface area contributed by atoms with Crippen molar-refractivity contribution in [3.8, 4) is 0 Å². The normalized spacial score (nSPS) is 31.6. The molecule has 1 aromatic carbocycles. The van der Waals surface area contributed by atoms with Gasteiger partial charge in [0.25, 0.3) is 0 Å². The average molecular weight is 341 g/mol. The van der Waals surface area contributed by atoms with Crippen LogP contribution in [0, 0.1) is 5.92 Å². The minimum atomic E-state index is -0.0705. The maximum atomic E-state index is 13.2. The summed E-state index contributed by atoms with van der Waals surface area (Å²) < 4.78 is 6.12. The van der Waals surface area contributed by atoms with Crippen molar-refractivity contribution in [1.29, 1.82) is 0 Å². The van der Waals surface area contributed by atoms with Crippen molar-refractivity contribution in [2.75, 3.05) is 7.05 Å². The highest BCUT2D eigenvalue weighted by Gasteiger charge is 2.41. The second-order valence-corrected chi connectivity index (χ2v) is 8.37. The van der Waals surface area contributed by atoms with E-state index in [4.69, 9.17) is 4.74 Å². The zero-order valence-electron chi connectivity index (χ0n) is 15.4. The van der Waals surface area contributed by atoms with Crippen molar-refractivity contribution < 1.29 is 9.53 Å². The van der Waals surface area contributed by atoms with Gasteiger partial charge in [-0.05, 0) is 57.1 Å². The number of nitrogens with zero attached hydrogens (tertiary/aromatic N) is 1. The van der Waals surface area contributed by atoms with Crippen molar-refractivity contribution >= 4 is 5.97 Å². The van der Waals surface area contributed by atoms with Crippen LogP contribution in [0.25, 0.3) is 0 Å². The lowest BCUT2D eigenvalue weighted by molar-refractivity contribution is -0.156. The molecular weight excluding hydrogens is 310 g/mol. The number of rotatable bonds is 4. The van der Waals surface area contributed by atoms with E-state index >= 15 is 0 Å². The first-order valence-electron chi connectivity index (χ1n) is 10.2. The van der Waals surface area contributed by atoms with E-state index in [2.05, 4.69) is 24.1 Å². The highest BCUT2D eigenvalue weighted by molar-refractivity contribution is 5.78. The summed E-state index contributed by atoms with van der Waals surface area (Å²) in [6.45, 7) is 0. The van der Waals surface area contributed by atoms with Crippen molar-refractivity contribution in [3.63, 3.8) is 0 Å². The standard InChI is InChI=1S/C22H31NO2/c1-23-18-12-13-19(23)15-20(14-18)25-22(24)21(16-8-4-2-5-9-16)17-10-6-3-7-11-17/h2,4-5,8-9,17-21H,3,6-7,10-15H2,1H3/t18-,19+,20?,21-/m1/s1. The Morgan fingerprint density at radius 3 is 2.28 bits per heavy atom. The molecule has 3 nitrogen and oxygen atoms in total. The lowest BCUT2D eigenvalue weighted by Crippen LogP contribution is -2.44. The van der Waals surface area contributed by atoms with Crippen LogP contribution >= 0.6 is 0 Å². The molecule has 4 rings (SSSR count). The molecular formula is C22H31NO2. The van der Waals surface area contributed by atoms with Gasteiger partial charge in [0.2, 0.25) is 0 Å². The molecule has 2 heterocycles. The Balaban J connectivity index is 1.48. The zero-order valence-corrected chi connectivity index (χ0v) is 15.4. The van der Waals surface area contributed by atoms with E-state index in [0.717, 1.165) is 31.2 Å². The van der Waals surface area contributed by atoms with Gasteiger partial charge in [-0.2, -0.15) is 0 Å². The summed E-state index contributed by atoms with van der Waals surface area (Å²) in [7, 11) is 2.23. The van der Waals surface area contributed by atoms with Gasteiger partial charge in [-0.15, -0.1) is 0 Å². The predicted molar refractivity (Wildman–Crippen MR) is 99.4 cm³/mol. The Bertz CT molecular complexity index is 567. The summed E-state index contributed by atoms with van der Waals surface area (Å²) in [6.07, 6.45) is 10.8. The molecule has 0 aromatic heterocycles. The fourth-order valence-corrected chi connectivity index (χ4v) is 5.42. The van der Waals surface area contributed by atoms with Gasteiger partial charge < -0.3 is 9.64 Å². The van der Waals surface area contributed by atoms with Crippen LogP contribution in [0.1, 0.15) is 69.3 Å². The van der Waals surface area contributed by atoms with E-state index in [-0.39, 0.29) is 18.0 Å². The van der Waals surface area contributed by atoms with Crippen molar-refractivity contribution in [2.45, 2.75) is 81.9 Å². The number of hydrogen-bond acceptors (Lipinski definition) is 3. The van der Waals surface area contributed by atoms with Crippen LogP contribution in [-0.2, 0) is 9.53 Å². The number of ether oxygens (including phenoxy) is 1. The topological polar surface area (TPSA) is 29.5 Å². The first-order chi connectivity index (χ1) is 12.2. The Kier molecular flexibility index (Phi) is 5.12. The Hall–Kier alpha value is -1.35. The number of carbonyl (C=O) groups is 1. The van der Waals surface area contributed by atoms with Crippen molar-refractivity contribution in [2.24, 2.45) is 5.92 Å². The Labute approximate surface area is 151 Å². The summed E-state index contributed by atoms with van der Waals surface area (Å²) in [5.74, 6) is 0.414. The van der Waals surface area contributed by atoms with Crippen molar-refractivity contribution in [1.82, 2.24) is 4.90 Å². The van der Waals surface area contributed by atoms with E-state index in [1.54, 1.807) is 0 Å². The van der Waals surface area contributed by atoms with Crippen LogP contribution in [0.15, 0.2) is 30.3 Å². The monoisotopic (exact) mass is 341 g/mol. The average Bonchev–Trinajstić information content (AvgIpc) is 2.84. The van der Waals surface area contributed by atoms with E-state index in [1.807, 2.05) is 18.2 Å². The number of hydrogen-bond donors (Lipinski definition) is 0. The number of benzene rings is 1. The second kappa shape index (κ2) is 7.49. The molecule has 3 fully saturated rings. The first-order valence-corrected chi connectivity index (χ1v) is 10.2. The third-order valence-corrected chi connectivity index (χ3v) is 6.87. The predicted octanol–water partition coefficient (Wildman–Crippen LogP) is 4.52. The number of fused-ring (bicyclic) bond motifs is 2. The molecule has 2 bridgehead atoms. The third kappa shape index (κ3) is 3.62. The minimum absolute atomic E-state index is 0.0343. The molecule has 2 aliphatic heterocycles. The van der Waals surface area contributed by atoms with Gasteiger partial charge in [-0.1, -0.05) is 49.6 Å². The lowest BCUT2D eigenvalue weighted by Gasteiger charge is -2.37. The van der Waals surface area contributed by atoms with Crippen LogP contribution in [-0.4, -0.2) is 36.1 Å². The third-order valence-electron chi connectivity index (χ3n) is 6.87. The maximum absolute atomic E-state index is 13.2. The van der Waals surface area contributed by atoms with E-state index in [9.17, 15) is 4.79 Å². The fourth-order valence-electron chi connectivity index (χ4n) is 5.42. The molecule has 4 atom stereocenters. The van der Waals surface area contributed by atoms with Gasteiger partial charge in [0.05, 0.1) is 5.92 Å². The van der Waals surface area contributed by atoms with Gasteiger partial charge in [0, 0.05) is 12.1 Å². The summed E-state index contributed by atoms with van der Waals surface area (Å²) in [5, 5.41) is 0. The van der Waals surface area contributed by atoms with Gasteiger partial charge in [-0.25, -0.2) is 0 Å². The Morgan fingerprint density at radius 2 is 1.64 bits per heavy atom. The van der Waals surface area contributed by atoms with Crippen LogP contribution in [0.3, 0.4) is 0 Å². The Morgan fingerprint density at radius 1 is 1.00 bits per heavy atom. The summed E-state index contributed by atoms with van der Waals surface area (Å²) >= 11 is 0. The SMILES string of the molecule is CN1[C@@H]2CC[C@H]1CC(OC(=O)[C@H](c1ccccc1)C1CCCCC1)C2. The molecule has 0 spiro atoms. The van der Waals surface area contributed by atoms with Gasteiger partial charge in [0.15, 0.2) is 0 Å². The summed E-state index contributed by atoms with van der Waals surface area (Å²) in [5.41, 5.74) is 1.15. The van der Waals surface area contributed by atoms with Crippen molar-refractivity contribution in [3.05, 3.63) is 35.9 Å². The van der Waals surface area contributed by atoms with Crippen LogP contribution in [0.2, 0.25) is 0 Å². The molecule has 1 unspecified atom stereocenters. The first kappa shape index (κ1) is 17.1. The molecule has 3 heteroatoms. The van der Waals surface area contributed by atoms with Gasteiger partial charge >= 0.3 is 5.97 Å². The van der Waals surface area contributed by atoms with Crippen LogP contribution < -0.4 is 0 Å². The number of esters is 1. The molecule has 1 aliphatic carbocycles. The molecule has 3 aliphatic rings. The molecule has 2 saturated heterocycles. The lowest BCUT2D eigenvalue weighted by atomic mass is 9.77. The zero-order chi connectivity index (χ0) is 17.2. The van der Waals surface area contributed by atoms with Crippen LogP contribution in [0.4, 0.5) is 0 Å². The fraction of sp³-hybridized carbons (Fsp3) is 0.682. The second-order valence-electron chi connectivity index (χ2n) is 8.37.